The molecule has 1 aliphatic carbocycles. The van der Waals surface area contributed by atoms with Crippen LogP contribution >= 0.6 is 15.9 Å². The fourth-order valence-corrected chi connectivity index (χ4v) is 3.71. The Morgan fingerprint density at radius 2 is 1.84 bits per heavy atom. The lowest BCUT2D eigenvalue weighted by molar-refractivity contribution is 0.228. The van der Waals surface area contributed by atoms with E-state index in [1.165, 1.54) is 25.3 Å². The number of rotatable bonds is 3. The van der Waals surface area contributed by atoms with E-state index < -0.39 is 0 Å². The van der Waals surface area contributed by atoms with E-state index in [9.17, 15) is 4.39 Å². The van der Waals surface area contributed by atoms with Crippen molar-refractivity contribution in [3.63, 3.8) is 0 Å². The summed E-state index contributed by atoms with van der Waals surface area (Å²) < 4.78 is 13.8. The Bertz CT molecular complexity index is 425. The molecule has 1 aliphatic rings. The van der Waals surface area contributed by atoms with Crippen molar-refractivity contribution in [3.8, 4) is 0 Å². The third-order valence-electron chi connectivity index (χ3n) is 4.11. The lowest BCUT2D eigenvalue weighted by atomic mass is 9.80. The first-order valence-electron chi connectivity index (χ1n) is 7.16. The van der Waals surface area contributed by atoms with E-state index in [1.807, 2.05) is 12.1 Å². The lowest BCUT2D eigenvalue weighted by Crippen LogP contribution is -2.37. The average Bonchev–Trinajstić information content (AvgIpc) is 2.31. The molecule has 106 valence electrons. The molecule has 0 saturated heterocycles. The molecule has 0 bridgehead atoms. The third kappa shape index (κ3) is 4.03. The van der Waals surface area contributed by atoms with Crippen molar-refractivity contribution >= 4 is 15.9 Å². The SMILES string of the molecule is CC1CC(C)CC(NC(C)c2ccc(F)c(Br)c2)C1. The Labute approximate surface area is 124 Å². The van der Waals surface area contributed by atoms with Crippen molar-refractivity contribution in [1.29, 1.82) is 0 Å². The number of hydrogen-bond donors (Lipinski definition) is 1. The van der Waals surface area contributed by atoms with E-state index >= 15 is 0 Å². The molecule has 19 heavy (non-hydrogen) atoms. The standard InChI is InChI=1S/C16H23BrFN/c1-10-6-11(2)8-14(7-10)19-12(3)13-4-5-16(18)15(17)9-13/h4-5,9-12,14,19H,6-8H2,1-3H3. The predicted molar refractivity (Wildman–Crippen MR) is 81.6 cm³/mol. The minimum atomic E-state index is -0.198. The van der Waals surface area contributed by atoms with E-state index in [1.54, 1.807) is 0 Å². The van der Waals surface area contributed by atoms with Crippen molar-refractivity contribution in [1.82, 2.24) is 5.32 Å². The largest absolute Gasteiger partial charge is 0.307 e. The topological polar surface area (TPSA) is 12.0 Å². The molecule has 3 unspecified atom stereocenters. The maximum absolute atomic E-state index is 13.3. The Kier molecular flexibility index (Phi) is 5.02. The summed E-state index contributed by atoms with van der Waals surface area (Å²) in [7, 11) is 0. The molecule has 2 rings (SSSR count). The molecule has 1 N–H and O–H groups in total. The Morgan fingerprint density at radius 3 is 2.42 bits per heavy atom. The summed E-state index contributed by atoms with van der Waals surface area (Å²) in [6, 6.07) is 6.12. The predicted octanol–water partition coefficient (Wildman–Crippen LogP) is 5.06. The normalized spacial score (nSPS) is 29.2. The summed E-state index contributed by atoms with van der Waals surface area (Å²) in [6.07, 6.45) is 3.84. The molecular formula is C16H23BrFN. The fourth-order valence-electron chi connectivity index (χ4n) is 3.31. The molecule has 1 aromatic carbocycles. The molecule has 1 nitrogen and oxygen atoms in total. The van der Waals surface area contributed by atoms with Crippen molar-refractivity contribution in [2.45, 2.75) is 52.1 Å². The van der Waals surface area contributed by atoms with Crippen LogP contribution in [0.5, 0.6) is 0 Å². The Morgan fingerprint density at radius 1 is 1.21 bits per heavy atom. The average molecular weight is 328 g/mol. The third-order valence-corrected chi connectivity index (χ3v) is 4.72. The van der Waals surface area contributed by atoms with Gasteiger partial charge in [0.1, 0.15) is 5.82 Å². The highest BCUT2D eigenvalue weighted by molar-refractivity contribution is 9.10. The first kappa shape index (κ1) is 15.0. The Balaban J connectivity index is 2.00. The van der Waals surface area contributed by atoms with Crippen LogP contribution in [0.25, 0.3) is 0 Å². The summed E-state index contributed by atoms with van der Waals surface area (Å²) in [5, 5.41) is 3.70. The van der Waals surface area contributed by atoms with Gasteiger partial charge in [-0.3, -0.25) is 0 Å². The number of hydrogen-bond acceptors (Lipinski definition) is 1. The summed E-state index contributed by atoms with van der Waals surface area (Å²) in [5.41, 5.74) is 1.14. The quantitative estimate of drug-likeness (QED) is 0.817. The van der Waals surface area contributed by atoms with Gasteiger partial charge in [0.25, 0.3) is 0 Å². The highest BCUT2D eigenvalue weighted by Gasteiger charge is 2.25. The molecular weight excluding hydrogens is 305 g/mol. The van der Waals surface area contributed by atoms with Crippen molar-refractivity contribution in [2.75, 3.05) is 0 Å². The van der Waals surface area contributed by atoms with Gasteiger partial charge in [0.15, 0.2) is 0 Å². The minimum absolute atomic E-state index is 0.198. The second kappa shape index (κ2) is 6.36. The zero-order valence-electron chi connectivity index (χ0n) is 11.9. The number of benzene rings is 1. The van der Waals surface area contributed by atoms with Crippen LogP contribution in [0.2, 0.25) is 0 Å². The van der Waals surface area contributed by atoms with E-state index in [-0.39, 0.29) is 11.9 Å². The highest BCUT2D eigenvalue weighted by atomic mass is 79.9. The summed E-state index contributed by atoms with van der Waals surface area (Å²) in [5.74, 6) is 1.40. The molecule has 1 aromatic rings. The smallest absolute Gasteiger partial charge is 0.137 e. The van der Waals surface area contributed by atoms with Crippen LogP contribution in [0.4, 0.5) is 4.39 Å². The highest BCUT2D eigenvalue weighted by Crippen LogP contribution is 2.30. The summed E-state index contributed by atoms with van der Waals surface area (Å²) in [6.45, 7) is 6.83. The molecule has 3 atom stereocenters. The van der Waals surface area contributed by atoms with E-state index in [0.717, 1.165) is 17.4 Å². The molecule has 1 fully saturated rings. The molecule has 0 amide bonds. The zero-order chi connectivity index (χ0) is 14.0. The Hall–Kier alpha value is -0.410. The maximum atomic E-state index is 13.3. The molecule has 0 aromatic heterocycles. The second-order valence-electron chi connectivity index (χ2n) is 6.18. The van der Waals surface area contributed by atoms with Gasteiger partial charge >= 0.3 is 0 Å². The van der Waals surface area contributed by atoms with Crippen LogP contribution < -0.4 is 5.32 Å². The molecule has 3 heteroatoms. The van der Waals surface area contributed by atoms with Gasteiger partial charge in [0.05, 0.1) is 4.47 Å². The van der Waals surface area contributed by atoms with Gasteiger partial charge in [-0.15, -0.1) is 0 Å². The van der Waals surface area contributed by atoms with Gasteiger partial charge in [-0.2, -0.15) is 0 Å². The first-order valence-corrected chi connectivity index (χ1v) is 7.96. The van der Waals surface area contributed by atoms with Gasteiger partial charge in [-0.25, -0.2) is 4.39 Å². The van der Waals surface area contributed by atoms with Gasteiger partial charge in [0, 0.05) is 12.1 Å². The minimum Gasteiger partial charge on any atom is -0.307 e. The summed E-state index contributed by atoms with van der Waals surface area (Å²) in [4.78, 5) is 0. The van der Waals surface area contributed by atoms with Crippen molar-refractivity contribution < 1.29 is 4.39 Å². The van der Waals surface area contributed by atoms with Gasteiger partial charge < -0.3 is 5.32 Å². The molecule has 0 heterocycles. The van der Waals surface area contributed by atoms with E-state index in [4.69, 9.17) is 0 Å². The number of halogens is 2. The van der Waals surface area contributed by atoms with Crippen molar-refractivity contribution in [3.05, 3.63) is 34.1 Å². The van der Waals surface area contributed by atoms with Crippen LogP contribution in [0.3, 0.4) is 0 Å². The second-order valence-corrected chi connectivity index (χ2v) is 7.03. The van der Waals surface area contributed by atoms with E-state index in [2.05, 4.69) is 42.0 Å². The van der Waals surface area contributed by atoms with Gasteiger partial charge in [-0.1, -0.05) is 19.9 Å². The monoisotopic (exact) mass is 327 g/mol. The zero-order valence-corrected chi connectivity index (χ0v) is 13.5. The van der Waals surface area contributed by atoms with Crippen LogP contribution in [-0.4, -0.2) is 6.04 Å². The number of nitrogens with one attached hydrogen (secondary N) is 1. The first-order chi connectivity index (χ1) is 8.95. The van der Waals surface area contributed by atoms with Crippen LogP contribution in [0.1, 0.15) is 51.6 Å². The van der Waals surface area contributed by atoms with Crippen LogP contribution in [0.15, 0.2) is 22.7 Å². The van der Waals surface area contributed by atoms with Crippen molar-refractivity contribution in [2.24, 2.45) is 11.8 Å². The molecule has 0 radical (unpaired) electrons. The van der Waals surface area contributed by atoms with Crippen LogP contribution in [0, 0.1) is 17.7 Å². The molecule has 0 spiro atoms. The molecule has 0 aliphatic heterocycles. The molecule has 1 saturated carbocycles. The van der Waals surface area contributed by atoms with Gasteiger partial charge in [0.2, 0.25) is 0 Å². The lowest BCUT2D eigenvalue weighted by Gasteiger charge is -2.34. The van der Waals surface area contributed by atoms with Crippen LogP contribution in [-0.2, 0) is 0 Å². The fraction of sp³-hybridized carbons (Fsp3) is 0.625. The van der Waals surface area contributed by atoms with E-state index in [0.29, 0.717) is 10.5 Å². The maximum Gasteiger partial charge on any atom is 0.137 e. The summed E-state index contributed by atoms with van der Waals surface area (Å²) >= 11 is 3.26. The van der Waals surface area contributed by atoms with Gasteiger partial charge in [-0.05, 0) is 71.6 Å².